The normalized spacial score (nSPS) is 13.1. The summed E-state index contributed by atoms with van der Waals surface area (Å²) < 4.78 is 21.6. The van der Waals surface area contributed by atoms with E-state index in [2.05, 4.69) is 18.3 Å². The third kappa shape index (κ3) is 4.50. The largest absolute Gasteiger partial charge is 0.493 e. The molecule has 0 aliphatic carbocycles. The number of methoxy groups -OCH3 is 2. The van der Waals surface area contributed by atoms with Crippen LogP contribution in [0.3, 0.4) is 0 Å². The molecule has 2 aromatic rings. The highest BCUT2D eigenvalue weighted by atomic mass is 35.5. The fraction of sp³-hybridized carbons (Fsp3) is 0.368. The molecule has 1 N–H and O–H groups in total. The predicted octanol–water partition coefficient (Wildman–Crippen LogP) is 3.58. The molecule has 1 heterocycles. The average molecular weight is 366 g/mol. The van der Waals surface area contributed by atoms with Gasteiger partial charge < -0.3 is 24.3 Å². The van der Waals surface area contributed by atoms with Gasteiger partial charge in [0, 0.05) is 18.2 Å². The highest BCUT2D eigenvalue weighted by molar-refractivity contribution is 5.85. The summed E-state index contributed by atoms with van der Waals surface area (Å²) in [6, 6.07) is 12.3. The van der Waals surface area contributed by atoms with Gasteiger partial charge in [-0.1, -0.05) is 18.2 Å². The van der Waals surface area contributed by atoms with E-state index in [1.54, 1.807) is 14.2 Å². The molecule has 0 saturated carbocycles. The first-order chi connectivity index (χ1) is 11.7. The van der Waals surface area contributed by atoms with Crippen molar-refractivity contribution in [3.05, 3.63) is 47.5 Å². The second kappa shape index (κ2) is 8.83. The first-order valence-corrected chi connectivity index (χ1v) is 8.03. The molecule has 136 valence electrons. The van der Waals surface area contributed by atoms with Gasteiger partial charge in [0.2, 0.25) is 6.79 Å². The fourth-order valence-corrected chi connectivity index (χ4v) is 2.87. The fourth-order valence-electron chi connectivity index (χ4n) is 2.87. The van der Waals surface area contributed by atoms with Crippen LogP contribution in [0.4, 0.5) is 0 Å². The van der Waals surface area contributed by atoms with Crippen molar-refractivity contribution in [2.24, 2.45) is 0 Å². The van der Waals surface area contributed by atoms with Crippen LogP contribution in [-0.4, -0.2) is 27.1 Å². The second-order valence-electron chi connectivity index (χ2n) is 5.83. The third-order valence-electron chi connectivity index (χ3n) is 4.10. The molecule has 0 aromatic heterocycles. The minimum Gasteiger partial charge on any atom is -0.493 e. The van der Waals surface area contributed by atoms with Gasteiger partial charge in [0.1, 0.15) is 0 Å². The second-order valence-corrected chi connectivity index (χ2v) is 5.83. The van der Waals surface area contributed by atoms with Crippen molar-refractivity contribution in [2.75, 3.05) is 21.0 Å². The summed E-state index contributed by atoms with van der Waals surface area (Å²) >= 11 is 0. The van der Waals surface area contributed by atoms with E-state index in [9.17, 15) is 0 Å². The van der Waals surface area contributed by atoms with Gasteiger partial charge in [-0.15, -0.1) is 12.4 Å². The molecule has 1 atom stereocenters. The molecule has 25 heavy (non-hydrogen) atoms. The molecule has 1 unspecified atom stereocenters. The van der Waals surface area contributed by atoms with Gasteiger partial charge in [-0.3, -0.25) is 0 Å². The Kier molecular flexibility index (Phi) is 6.79. The number of nitrogens with one attached hydrogen (secondary N) is 1. The molecule has 0 saturated heterocycles. The molecule has 0 radical (unpaired) electrons. The first kappa shape index (κ1) is 19.2. The first-order valence-electron chi connectivity index (χ1n) is 8.03. The SMILES string of the molecule is COc1cccc(CNC(C)Cc2ccc3c(c2)OCO3)c1OC.Cl. The van der Waals surface area contributed by atoms with E-state index in [4.69, 9.17) is 18.9 Å². The Hall–Kier alpha value is -2.11. The Balaban J connectivity index is 0.00000225. The van der Waals surface area contributed by atoms with Crippen molar-refractivity contribution in [1.82, 2.24) is 5.32 Å². The molecule has 5 nitrogen and oxygen atoms in total. The van der Waals surface area contributed by atoms with Crippen molar-refractivity contribution >= 4 is 12.4 Å². The Bertz CT molecular complexity index is 708. The lowest BCUT2D eigenvalue weighted by Gasteiger charge is -2.17. The zero-order valence-corrected chi connectivity index (χ0v) is 15.5. The van der Waals surface area contributed by atoms with Gasteiger partial charge in [0.05, 0.1) is 14.2 Å². The van der Waals surface area contributed by atoms with Crippen LogP contribution < -0.4 is 24.3 Å². The Morgan fingerprint density at radius 3 is 2.64 bits per heavy atom. The molecule has 3 rings (SSSR count). The molecule has 2 aromatic carbocycles. The average Bonchev–Trinajstić information content (AvgIpc) is 3.07. The van der Waals surface area contributed by atoms with Crippen LogP contribution >= 0.6 is 12.4 Å². The van der Waals surface area contributed by atoms with Gasteiger partial charge in [0.25, 0.3) is 0 Å². The van der Waals surface area contributed by atoms with Crippen molar-refractivity contribution in [3.63, 3.8) is 0 Å². The lowest BCUT2D eigenvalue weighted by atomic mass is 10.1. The van der Waals surface area contributed by atoms with Gasteiger partial charge in [-0.25, -0.2) is 0 Å². The van der Waals surface area contributed by atoms with Crippen LogP contribution in [0, 0.1) is 0 Å². The lowest BCUT2D eigenvalue weighted by Crippen LogP contribution is -2.27. The van der Waals surface area contributed by atoms with Crippen molar-refractivity contribution in [3.8, 4) is 23.0 Å². The molecule has 0 fully saturated rings. The summed E-state index contributed by atoms with van der Waals surface area (Å²) in [5.41, 5.74) is 2.30. The molecule has 6 heteroatoms. The van der Waals surface area contributed by atoms with E-state index in [1.165, 1.54) is 5.56 Å². The predicted molar refractivity (Wildman–Crippen MR) is 99.4 cm³/mol. The molecular weight excluding hydrogens is 342 g/mol. The van der Waals surface area contributed by atoms with Crippen molar-refractivity contribution in [2.45, 2.75) is 25.9 Å². The number of fused-ring (bicyclic) bond motifs is 1. The Morgan fingerprint density at radius 2 is 1.88 bits per heavy atom. The minimum absolute atomic E-state index is 0. The maximum atomic E-state index is 5.47. The van der Waals surface area contributed by atoms with E-state index < -0.39 is 0 Å². The summed E-state index contributed by atoms with van der Waals surface area (Å²) in [6.45, 7) is 3.19. The van der Waals surface area contributed by atoms with Crippen molar-refractivity contribution < 1.29 is 18.9 Å². The molecule has 1 aliphatic rings. The number of halogens is 1. The maximum Gasteiger partial charge on any atom is 0.231 e. The van der Waals surface area contributed by atoms with E-state index >= 15 is 0 Å². The van der Waals surface area contributed by atoms with Gasteiger partial charge in [-0.2, -0.15) is 0 Å². The zero-order valence-electron chi connectivity index (χ0n) is 14.7. The minimum atomic E-state index is 0. The molecule has 0 bridgehead atoms. The van der Waals surface area contributed by atoms with Crippen LogP contribution in [0.2, 0.25) is 0 Å². The van der Waals surface area contributed by atoms with Crippen LogP contribution in [0.15, 0.2) is 36.4 Å². The van der Waals surface area contributed by atoms with Gasteiger partial charge in [-0.05, 0) is 37.1 Å². The highest BCUT2D eigenvalue weighted by Gasteiger charge is 2.15. The molecule has 0 amide bonds. The number of benzene rings is 2. The zero-order chi connectivity index (χ0) is 16.9. The number of rotatable bonds is 7. The maximum absolute atomic E-state index is 5.47. The van der Waals surface area contributed by atoms with Crippen LogP contribution in [0.5, 0.6) is 23.0 Å². The van der Waals surface area contributed by atoms with Gasteiger partial charge >= 0.3 is 0 Å². The van der Waals surface area contributed by atoms with Gasteiger partial charge in [0.15, 0.2) is 23.0 Å². The van der Waals surface area contributed by atoms with E-state index in [0.717, 1.165) is 35.0 Å². The number of hydrogen-bond donors (Lipinski definition) is 1. The Labute approximate surface area is 154 Å². The quantitative estimate of drug-likeness (QED) is 0.812. The standard InChI is InChI=1S/C19H23NO4.ClH/c1-13(9-14-7-8-16-18(10-14)24-12-23-16)20-11-15-5-4-6-17(21-2)19(15)22-3;/h4-8,10,13,20H,9,11-12H2,1-3H3;1H. The Morgan fingerprint density at radius 1 is 1.08 bits per heavy atom. The topological polar surface area (TPSA) is 49.0 Å². The number of para-hydroxylation sites is 1. The molecule has 1 aliphatic heterocycles. The summed E-state index contributed by atoms with van der Waals surface area (Å²) in [7, 11) is 3.31. The number of hydrogen-bond acceptors (Lipinski definition) is 5. The van der Waals surface area contributed by atoms with E-state index in [0.29, 0.717) is 19.4 Å². The molecule has 0 spiro atoms. The van der Waals surface area contributed by atoms with Crippen LogP contribution in [0.1, 0.15) is 18.1 Å². The smallest absolute Gasteiger partial charge is 0.231 e. The van der Waals surface area contributed by atoms with E-state index in [1.807, 2.05) is 30.3 Å². The summed E-state index contributed by atoms with van der Waals surface area (Å²) in [5, 5.41) is 3.53. The lowest BCUT2D eigenvalue weighted by molar-refractivity contribution is 0.174. The van der Waals surface area contributed by atoms with Crippen molar-refractivity contribution in [1.29, 1.82) is 0 Å². The van der Waals surface area contributed by atoms with Crippen LogP contribution in [-0.2, 0) is 13.0 Å². The molecular formula is C19H24ClNO4. The summed E-state index contributed by atoms with van der Waals surface area (Å²) in [4.78, 5) is 0. The summed E-state index contributed by atoms with van der Waals surface area (Å²) in [5.74, 6) is 3.18. The summed E-state index contributed by atoms with van der Waals surface area (Å²) in [6.07, 6.45) is 0.906. The third-order valence-corrected chi connectivity index (χ3v) is 4.10. The monoisotopic (exact) mass is 365 g/mol. The number of ether oxygens (including phenoxy) is 4. The van der Waals surface area contributed by atoms with Crippen LogP contribution in [0.25, 0.3) is 0 Å². The van der Waals surface area contributed by atoms with E-state index in [-0.39, 0.29) is 12.4 Å². The highest BCUT2D eigenvalue weighted by Crippen LogP contribution is 2.33.